The Labute approximate surface area is 152 Å². The maximum atomic E-state index is 13.6. The van der Waals surface area contributed by atoms with Gasteiger partial charge in [-0.3, -0.25) is 0 Å². The number of carbonyl (C=O) groups is 1. The molecular weight excluding hydrogens is 367 g/mol. The van der Waals surface area contributed by atoms with Gasteiger partial charge >= 0.3 is 12.1 Å². The van der Waals surface area contributed by atoms with E-state index in [0.717, 1.165) is 18.0 Å². The Morgan fingerprint density at radius 1 is 1.30 bits per heavy atom. The van der Waals surface area contributed by atoms with Crippen molar-refractivity contribution in [3.8, 4) is 11.5 Å². The van der Waals surface area contributed by atoms with Crippen molar-refractivity contribution >= 4 is 11.8 Å². The third-order valence-corrected chi connectivity index (χ3v) is 4.61. The highest BCUT2D eigenvalue weighted by Gasteiger charge is 2.47. The molecule has 4 rings (SSSR count). The number of anilines is 1. The van der Waals surface area contributed by atoms with Crippen LogP contribution in [0.3, 0.4) is 0 Å². The van der Waals surface area contributed by atoms with E-state index in [2.05, 4.69) is 15.2 Å². The summed E-state index contributed by atoms with van der Waals surface area (Å²) in [6.45, 7) is 0.796. The lowest BCUT2D eigenvalue weighted by atomic mass is 9.96. The van der Waals surface area contributed by atoms with Gasteiger partial charge in [0.05, 0.1) is 19.3 Å². The highest BCUT2D eigenvalue weighted by Crippen LogP contribution is 2.45. The molecule has 0 saturated heterocycles. The average molecular weight is 383 g/mol. The van der Waals surface area contributed by atoms with Crippen molar-refractivity contribution in [2.45, 2.75) is 24.7 Å². The fraction of sp³-hybridized carbons (Fsp3) is 0.412. The SMILES string of the molecule is COC(=O)c1cnn2c1N[C@@H](c1ccc3c(c1)OCCO3)C[C@H]2C(F)(F)F. The highest BCUT2D eigenvalue weighted by molar-refractivity contribution is 5.94. The van der Waals surface area contributed by atoms with E-state index in [1.165, 1.54) is 0 Å². The Morgan fingerprint density at radius 3 is 2.74 bits per heavy atom. The van der Waals surface area contributed by atoms with Crippen molar-refractivity contribution in [3.05, 3.63) is 35.5 Å². The molecule has 2 aliphatic heterocycles. The summed E-state index contributed by atoms with van der Waals surface area (Å²) in [5.41, 5.74) is 0.547. The zero-order valence-corrected chi connectivity index (χ0v) is 14.2. The predicted molar refractivity (Wildman–Crippen MR) is 87.1 cm³/mol. The molecule has 0 bridgehead atoms. The molecule has 7 nitrogen and oxygen atoms in total. The van der Waals surface area contributed by atoms with Crippen LogP contribution in [0.4, 0.5) is 19.0 Å². The Morgan fingerprint density at radius 2 is 2.04 bits per heavy atom. The second-order valence-electron chi connectivity index (χ2n) is 6.24. The van der Waals surface area contributed by atoms with Gasteiger partial charge in [-0.2, -0.15) is 18.3 Å². The van der Waals surface area contributed by atoms with Crippen LogP contribution in [0.15, 0.2) is 24.4 Å². The van der Waals surface area contributed by atoms with E-state index in [9.17, 15) is 18.0 Å². The first-order valence-electron chi connectivity index (χ1n) is 8.27. The van der Waals surface area contributed by atoms with Crippen LogP contribution in [-0.4, -0.2) is 42.2 Å². The Balaban J connectivity index is 1.74. The average Bonchev–Trinajstić information content (AvgIpc) is 3.09. The number of methoxy groups -OCH3 is 1. The molecule has 2 atom stereocenters. The molecule has 0 unspecified atom stereocenters. The van der Waals surface area contributed by atoms with Gasteiger partial charge in [-0.05, 0) is 17.7 Å². The minimum Gasteiger partial charge on any atom is -0.486 e. The molecule has 1 aromatic heterocycles. The maximum absolute atomic E-state index is 13.6. The molecule has 144 valence electrons. The summed E-state index contributed by atoms with van der Waals surface area (Å²) < 4.78 is 57.3. The number of hydrogen-bond donors (Lipinski definition) is 1. The first kappa shape index (κ1) is 17.5. The Hall–Kier alpha value is -2.91. The van der Waals surface area contributed by atoms with Gasteiger partial charge in [-0.1, -0.05) is 6.07 Å². The maximum Gasteiger partial charge on any atom is 0.410 e. The number of halogens is 3. The predicted octanol–water partition coefficient (Wildman–Crippen LogP) is 3.10. The number of nitrogens with one attached hydrogen (secondary N) is 1. The molecule has 10 heteroatoms. The van der Waals surface area contributed by atoms with Crippen molar-refractivity contribution in [1.29, 1.82) is 0 Å². The van der Waals surface area contributed by atoms with E-state index in [1.54, 1.807) is 18.2 Å². The van der Waals surface area contributed by atoms with E-state index in [0.29, 0.717) is 30.3 Å². The molecular formula is C17H16F3N3O4. The largest absolute Gasteiger partial charge is 0.486 e. The number of rotatable bonds is 2. The molecule has 0 amide bonds. The molecule has 1 aromatic carbocycles. The van der Waals surface area contributed by atoms with Gasteiger partial charge in [-0.25, -0.2) is 9.48 Å². The number of alkyl halides is 3. The summed E-state index contributed by atoms with van der Waals surface area (Å²) in [6.07, 6.45) is -3.72. The number of carbonyl (C=O) groups excluding carboxylic acids is 1. The van der Waals surface area contributed by atoms with E-state index in [-0.39, 0.29) is 17.8 Å². The zero-order valence-electron chi connectivity index (χ0n) is 14.2. The van der Waals surface area contributed by atoms with Crippen LogP contribution >= 0.6 is 0 Å². The van der Waals surface area contributed by atoms with Crippen LogP contribution in [0.2, 0.25) is 0 Å². The minimum atomic E-state index is -4.53. The summed E-state index contributed by atoms with van der Waals surface area (Å²) in [4.78, 5) is 11.9. The lowest BCUT2D eigenvalue weighted by Crippen LogP contribution is -2.36. The van der Waals surface area contributed by atoms with Crippen LogP contribution in [0.1, 0.15) is 34.4 Å². The molecule has 0 aliphatic carbocycles. The number of benzene rings is 1. The van der Waals surface area contributed by atoms with Gasteiger partial charge in [-0.15, -0.1) is 0 Å². The van der Waals surface area contributed by atoms with Crippen LogP contribution in [0, 0.1) is 0 Å². The van der Waals surface area contributed by atoms with Crippen LogP contribution < -0.4 is 14.8 Å². The second kappa shape index (κ2) is 6.36. The van der Waals surface area contributed by atoms with Gasteiger partial charge in [0, 0.05) is 6.42 Å². The van der Waals surface area contributed by atoms with Gasteiger partial charge < -0.3 is 19.5 Å². The van der Waals surface area contributed by atoms with Crippen LogP contribution in [-0.2, 0) is 4.74 Å². The molecule has 0 saturated carbocycles. The van der Waals surface area contributed by atoms with E-state index in [1.807, 2.05) is 0 Å². The van der Waals surface area contributed by atoms with E-state index in [4.69, 9.17) is 9.47 Å². The van der Waals surface area contributed by atoms with Gasteiger partial charge in [0.15, 0.2) is 17.5 Å². The number of esters is 1. The van der Waals surface area contributed by atoms with E-state index < -0.39 is 24.2 Å². The fourth-order valence-corrected chi connectivity index (χ4v) is 3.32. The lowest BCUT2D eigenvalue weighted by molar-refractivity contribution is -0.173. The van der Waals surface area contributed by atoms with Crippen molar-refractivity contribution in [1.82, 2.24) is 9.78 Å². The normalized spacial score (nSPS) is 21.2. The second-order valence-corrected chi connectivity index (χ2v) is 6.24. The van der Waals surface area contributed by atoms with Crippen LogP contribution in [0.25, 0.3) is 0 Å². The monoisotopic (exact) mass is 383 g/mol. The summed E-state index contributed by atoms with van der Waals surface area (Å²) in [7, 11) is 1.16. The molecule has 0 radical (unpaired) electrons. The molecule has 0 fully saturated rings. The lowest BCUT2D eigenvalue weighted by Gasteiger charge is -2.34. The van der Waals surface area contributed by atoms with Gasteiger partial charge in [0.1, 0.15) is 24.6 Å². The molecule has 2 aromatic rings. The summed E-state index contributed by atoms with van der Waals surface area (Å²) in [6, 6.07) is 2.44. The molecule has 1 N–H and O–H groups in total. The van der Waals surface area contributed by atoms with Crippen LogP contribution in [0.5, 0.6) is 11.5 Å². The van der Waals surface area contributed by atoms with Gasteiger partial charge in [0.2, 0.25) is 0 Å². The van der Waals surface area contributed by atoms with E-state index >= 15 is 0 Å². The van der Waals surface area contributed by atoms with Crippen molar-refractivity contribution in [2.75, 3.05) is 25.6 Å². The number of ether oxygens (including phenoxy) is 3. The standard InChI is InChI=1S/C17H16F3N3O4/c1-25-16(24)10-8-21-23-14(17(18,19)20)7-11(22-15(10)23)9-2-3-12-13(6-9)27-5-4-26-12/h2-3,6,8,11,14,22H,4-5,7H2,1H3/t11-,14+/m1/s1. The molecule has 2 aliphatic rings. The molecule has 27 heavy (non-hydrogen) atoms. The minimum absolute atomic E-state index is 0.0182. The quantitative estimate of drug-likeness (QED) is 0.804. The Bertz CT molecular complexity index is 881. The van der Waals surface area contributed by atoms with Crippen molar-refractivity contribution < 1.29 is 32.2 Å². The third kappa shape index (κ3) is 3.04. The number of nitrogens with zero attached hydrogens (tertiary/aromatic N) is 2. The fourth-order valence-electron chi connectivity index (χ4n) is 3.32. The number of aromatic nitrogens is 2. The third-order valence-electron chi connectivity index (χ3n) is 4.61. The van der Waals surface area contributed by atoms with Crippen molar-refractivity contribution in [3.63, 3.8) is 0 Å². The first-order chi connectivity index (χ1) is 12.9. The Kier molecular flexibility index (Phi) is 4.12. The smallest absolute Gasteiger partial charge is 0.410 e. The summed E-state index contributed by atoms with van der Waals surface area (Å²) in [5.74, 6) is 0.257. The number of hydrogen-bond acceptors (Lipinski definition) is 6. The summed E-state index contributed by atoms with van der Waals surface area (Å²) in [5, 5.41) is 6.75. The topological polar surface area (TPSA) is 74.6 Å². The highest BCUT2D eigenvalue weighted by atomic mass is 19.4. The number of fused-ring (bicyclic) bond motifs is 2. The molecule has 0 spiro atoms. The zero-order chi connectivity index (χ0) is 19.2. The summed E-state index contributed by atoms with van der Waals surface area (Å²) >= 11 is 0. The van der Waals surface area contributed by atoms with Crippen molar-refractivity contribution in [2.24, 2.45) is 0 Å². The first-order valence-corrected chi connectivity index (χ1v) is 8.27. The van der Waals surface area contributed by atoms with Gasteiger partial charge in [0.25, 0.3) is 0 Å². The molecule has 3 heterocycles.